The number of nitrogens with one attached hydrogen (secondary N) is 2. The highest BCUT2D eigenvalue weighted by atomic mass is 32.1. The lowest BCUT2D eigenvalue weighted by Gasteiger charge is -2.11. The number of rotatable bonds is 3. The molecule has 4 aromatic rings. The van der Waals surface area contributed by atoms with Crippen molar-refractivity contribution in [2.45, 2.75) is 6.92 Å². The van der Waals surface area contributed by atoms with Gasteiger partial charge in [-0.15, -0.1) is 0 Å². The van der Waals surface area contributed by atoms with Crippen LogP contribution in [0, 0.1) is 17.0 Å². The highest BCUT2D eigenvalue weighted by Gasteiger charge is 2.21. The van der Waals surface area contributed by atoms with Gasteiger partial charge in [0.15, 0.2) is 10.9 Å². The van der Waals surface area contributed by atoms with Gasteiger partial charge in [-0.3, -0.25) is 25.2 Å². The Labute approximate surface area is 169 Å². The van der Waals surface area contributed by atoms with E-state index in [2.05, 4.69) is 15.6 Å². The number of hydrogen-bond donors (Lipinski definition) is 2. The van der Waals surface area contributed by atoms with Gasteiger partial charge in [0.2, 0.25) is 0 Å². The molecule has 0 aliphatic rings. The standard InChI is InChI=1S/C20H14N4O4S/c1-11-12-5-2-3-7-16(12)28-18(11)19(25)23-20(29)22-17-13-6-4-10-21-14(13)8-9-15(17)24(26)27/h2-10H,1H3,(H2,22,23,25,29). The fraction of sp³-hybridized carbons (Fsp3) is 0.0500. The Kier molecular flexibility index (Phi) is 4.65. The van der Waals surface area contributed by atoms with Crippen molar-refractivity contribution in [3.63, 3.8) is 0 Å². The highest BCUT2D eigenvalue weighted by molar-refractivity contribution is 7.80. The average molecular weight is 406 g/mol. The first-order chi connectivity index (χ1) is 14.0. The van der Waals surface area contributed by atoms with Crippen molar-refractivity contribution < 1.29 is 14.1 Å². The number of para-hydroxylation sites is 1. The molecule has 0 radical (unpaired) electrons. The molecule has 2 aromatic carbocycles. The summed E-state index contributed by atoms with van der Waals surface area (Å²) in [6.07, 6.45) is 1.59. The van der Waals surface area contributed by atoms with E-state index in [9.17, 15) is 14.9 Å². The molecule has 0 fully saturated rings. The number of amides is 1. The molecule has 0 aliphatic heterocycles. The zero-order valence-corrected chi connectivity index (χ0v) is 15.9. The predicted molar refractivity (Wildman–Crippen MR) is 113 cm³/mol. The summed E-state index contributed by atoms with van der Waals surface area (Å²) in [5.74, 6) is -0.415. The Morgan fingerprint density at radius 3 is 2.66 bits per heavy atom. The van der Waals surface area contributed by atoms with Gasteiger partial charge >= 0.3 is 0 Å². The quantitative estimate of drug-likeness (QED) is 0.296. The van der Waals surface area contributed by atoms with Crippen LogP contribution in [0.2, 0.25) is 0 Å². The van der Waals surface area contributed by atoms with Crippen molar-refractivity contribution in [1.82, 2.24) is 10.3 Å². The Hall–Kier alpha value is -3.85. The minimum Gasteiger partial charge on any atom is -0.451 e. The molecule has 2 aromatic heterocycles. The molecular formula is C20H14N4O4S. The molecule has 0 aliphatic carbocycles. The summed E-state index contributed by atoms with van der Waals surface area (Å²) in [6, 6.07) is 13.5. The van der Waals surface area contributed by atoms with Crippen LogP contribution in [0.15, 0.2) is 59.1 Å². The van der Waals surface area contributed by atoms with E-state index in [1.165, 1.54) is 6.07 Å². The van der Waals surface area contributed by atoms with Crippen LogP contribution in [-0.2, 0) is 0 Å². The van der Waals surface area contributed by atoms with Crippen LogP contribution in [0.4, 0.5) is 11.4 Å². The van der Waals surface area contributed by atoms with Crippen LogP contribution >= 0.6 is 12.2 Å². The van der Waals surface area contributed by atoms with E-state index in [1.807, 2.05) is 18.2 Å². The molecule has 0 saturated carbocycles. The summed E-state index contributed by atoms with van der Waals surface area (Å²) in [7, 11) is 0. The summed E-state index contributed by atoms with van der Waals surface area (Å²) in [5.41, 5.74) is 1.81. The lowest BCUT2D eigenvalue weighted by molar-refractivity contribution is -0.383. The second-order valence-electron chi connectivity index (χ2n) is 6.25. The number of aromatic nitrogens is 1. The molecule has 144 valence electrons. The minimum atomic E-state index is -0.544. The number of carbonyl (C=O) groups excluding carboxylic acids is 1. The second kappa shape index (κ2) is 7.28. The summed E-state index contributed by atoms with van der Waals surface area (Å²) in [4.78, 5) is 27.7. The molecule has 0 unspecified atom stereocenters. The van der Waals surface area contributed by atoms with Gasteiger partial charge in [0.1, 0.15) is 11.3 Å². The Morgan fingerprint density at radius 1 is 1.14 bits per heavy atom. The van der Waals surface area contributed by atoms with Gasteiger partial charge in [-0.05, 0) is 43.4 Å². The normalized spacial score (nSPS) is 10.8. The molecular weight excluding hydrogens is 392 g/mol. The van der Waals surface area contributed by atoms with Crippen LogP contribution in [0.1, 0.15) is 16.1 Å². The topological polar surface area (TPSA) is 110 Å². The first-order valence-electron chi connectivity index (χ1n) is 8.58. The molecule has 2 heterocycles. The molecule has 0 atom stereocenters. The van der Waals surface area contributed by atoms with Crippen LogP contribution in [0.5, 0.6) is 0 Å². The average Bonchev–Trinajstić information content (AvgIpc) is 3.05. The monoisotopic (exact) mass is 406 g/mol. The van der Waals surface area contributed by atoms with E-state index in [1.54, 1.807) is 37.4 Å². The zero-order valence-electron chi connectivity index (χ0n) is 15.1. The van der Waals surface area contributed by atoms with E-state index in [-0.39, 0.29) is 22.2 Å². The first-order valence-corrected chi connectivity index (χ1v) is 8.99. The first kappa shape index (κ1) is 18.5. The third kappa shape index (κ3) is 3.39. The fourth-order valence-corrected chi connectivity index (χ4v) is 3.31. The Bertz CT molecular complexity index is 1300. The van der Waals surface area contributed by atoms with Crippen LogP contribution < -0.4 is 10.6 Å². The van der Waals surface area contributed by atoms with Crippen LogP contribution in [-0.4, -0.2) is 20.9 Å². The number of aryl methyl sites for hydroxylation is 1. The van der Waals surface area contributed by atoms with Crippen molar-refractivity contribution >= 4 is 56.5 Å². The molecule has 8 nitrogen and oxygen atoms in total. The van der Waals surface area contributed by atoms with Gasteiger partial charge in [-0.25, -0.2) is 0 Å². The van der Waals surface area contributed by atoms with Crippen molar-refractivity contribution in [1.29, 1.82) is 0 Å². The molecule has 0 spiro atoms. The lowest BCUT2D eigenvalue weighted by Crippen LogP contribution is -2.34. The number of carbonyl (C=O) groups is 1. The third-order valence-electron chi connectivity index (χ3n) is 4.48. The fourth-order valence-electron chi connectivity index (χ4n) is 3.12. The van der Waals surface area contributed by atoms with Crippen molar-refractivity contribution in [2.75, 3.05) is 5.32 Å². The maximum absolute atomic E-state index is 12.6. The lowest BCUT2D eigenvalue weighted by atomic mass is 10.1. The summed E-state index contributed by atoms with van der Waals surface area (Å²) in [5, 5.41) is 18.0. The molecule has 4 rings (SSSR count). The number of thiocarbonyl (C=S) groups is 1. The number of pyridine rings is 1. The molecule has 2 N–H and O–H groups in total. The largest absolute Gasteiger partial charge is 0.451 e. The SMILES string of the molecule is Cc1c(C(=O)NC(=S)Nc2c([N+](=O)[O-])ccc3ncccc23)oc2ccccc12. The minimum absolute atomic E-state index is 0.0886. The molecule has 0 bridgehead atoms. The molecule has 1 amide bonds. The Balaban J connectivity index is 1.63. The summed E-state index contributed by atoms with van der Waals surface area (Å²) >= 11 is 5.22. The smallest absolute Gasteiger partial charge is 0.293 e. The maximum Gasteiger partial charge on any atom is 0.293 e. The zero-order chi connectivity index (χ0) is 20.5. The van der Waals surface area contributed by atoms with Crippen LogP contribution in [0.25, 0.3) is 21.9 Å². The van der Waals surface area contributed by atoms with E-state index >= 15 is 0 Å². The van der Waals surface area contributed by atoms with Gasteiger partial charge in [0.25, 0.3) is 11.6 Å². The van der Waals surface area contributed by atoms with Gasteiger partial charge in [0.05, 0.1) is 10.4 Å². The van der Waals surface area contributed by atoms with Crippen molar-refractivity contribution in [2.24, 2.45) is 0 Å². The molecule has 0 saturated heterocycles. The predicted octanol–water partition coefficient (Wildman–Crippen LogP) is 4.32. The maximum atomic E-state index is 12.6. The number of hydrogen-bond acceptors (Lipinski definition) is 6. The van der Waals surface area contributed by atoms with Gasteiger partial charge in [-0.2, -0.15) is 0 Å². The van der Waals surface area contributed by atoms with E-state index in [0.717, 1.165) is 5.39 Å². The number of benzene rings is 2. The van der Waals surface area contributed by atoms with E-state index in [4.69, 9.17) is 16.6 Å². The van der Waals surface area contributed by atoms with Gasteiger partial charge in [0, 0.05) is 28.6 Å². The Morgan fingerprint density at radius 2 is 1.90 bits per heavy atom. The van der Waals surface area contributed by atoms with Gasteiger partial charge < -0.3 is 9.73 Å². The van der Waals surface area contributed by atoms with Crippen LogP contribution in [0.3, 0.4) is 0 Å². The van der Waals surface area contributed by atoms with E-state index in [0.29, 0.717) is 22.0 Å². The summed E-state index contributed by atoms with van der Waals surface area (Å²) < 4.78 is 5.63. The highest BCUT2D eigenvalue weighted by Crippen LogP contribution is 2.32. The summed E-state index contributed by atoms with van der Waals surface area (Å²) in [6.45, 7) is 1.78. The number of furan rings is 1. The van der Waals surface area contributed by atoms with Crippen molar-refractivity contribution in [3.05, 3.63) is 76.2 Å². The number of nitro groups is 1. The van der Waals surface area contributed by atoms with Gasteiger partial charge in [-0.1, -0.05) is 18.2 Å². The number of nitrogens with zero attached hydrogens (tertiary/aromatic N) is 2. The number of anilines is 1. The third-order valence-corrected chi connectivity index (χ3v) is 4.68. The van der Waals surface area contributed by atoms with Crippen molar-refractivity contribution in [3.8, 4) is 0 Å². The van der Waals surface area contributed by atoms with E-state index < -0.39 is 10.8 Å². The number of nitro benzene ring substituents is 1. The second-order valence-corrected chi connectivity index (χ2v) is 6.66. The number of fused-ring (bicyclic) bond motifs is 2. The molecule has 9 heteroatoms. The molecule has 29 heavy (non-hydrogen) atoms.